The van der Waals surface area contributed by atoms with Crippen LogP contribution < -0.4 is 4.74 Å². The van der Waals surface area contributed by atoms with Gasteiger partial charge in [0.15, 0.2) is 0 Å². The molecule has 0 aromatic heterocycles. The Labute approximate surface area is 153 Å². The average Bonchev–Trinajstić information content (AvgIpc) is 2.61. The zero-order valence-corrected chi connectivity index (χ0v) is 15.7. The summed E-state index contributed by atoms with van der Waals surface area (Å²) in [4.78, 5) is 28.0. The third kappa shape index (κ3) is 5.01. The highest BCUT2D eigenvalue weighted by Crippen LogP contribution is 2.25. The van der Waals surface area contributed by atoms with E-state index < -0.39 is 0 Å². The number of hydrogen-bond acceptors (Lipinski definition) is 4. The third-order valence-electron chi connectivity index (χ3n) is 4.32. The fourth-order valence-corrected chi connectivity index (χ4v) is 3.27. The maximum atomic E-state index is 12.8. The summed E-state index contributed by atoms with van der Waals surface area (Å²) in [6, 6.07) is 5.35. The first-order chi connectivity index (χ1) is 12.0. The van der Waals surface area contributed by atoms with Gasteiger partial charge in [0.25, 0.3) is 0 Å². The molecular formula is C18H25ClN2O4. The molecule has 7 heteroatoms. The molecule has 0 saturated carbocycles. The normalized spacial score (nSPS) is 17.1. The molecule has 0 radical (unpaired) electrons. The molecule has 1 unspecified atom stereocenters. The van der Waals surface area contributed by atoms with E-state index >= 15 is 0 Å². The van der Waals surface area contributed by atoms with Crippen LogP contribution in [0.4, 0.5) is 4.79 Å². The lowest BCUT2D eigenvalue weighted by Crippen LogP contribution is -2.45. The summed E-state index contributed by atoms with van der Waals surface area (Å²) >= 11 is 6.05. The van der Waals surface area contributed by atoms with E-state index in [-0.39, 0.29) is 17.9 Å². The predicted octanol–water partition coefficient (Wildman–Crippen LogP) is 3.18. The molecule has 0 bridgehead atoms. The van der Waals surface area contributed by atoms with Crippen LogP contribution in [0.5, 0.6) is 5.75 Å². The van der Waals surface area contributed by atoms with Gasteiger partial charge in [0.05, 0.1) is 19.6 Å². The van der Waals surface area contributed by atoms with Crippen LogP contribution in [0.25, 0.3) is 0 Å². The topological polar surface area (TPSA) is 59.1 Å². The third-order valence-corrected chi connectivity index (χ3v) is 4.56. The first-order valence-electron chi connectivity index (χ1n) is 8.45. The Morgan fingerprint density at radius 1 is 1.40 bits per heavy atom. The lowest BCUT2D eigenvalue weighted by Gasteiger charge is -2.33. The molecule has 1 fully saturated rings. The highest BCUT2D eigenvalue weighted by atomic mass is 35.5. The Morgan fingerprint density at radius 3 is 2.84 bits per heavy atom. The number of hydrogen-bond donors (Lipinski definition) is 0. The maximum absolute atomic E-state index is 12.8. The minimum Gasteiger partial charge on any atom is -0.496 e. The number of halogens is 1. The molecule has 1 saturated heterocycles. The first-order valence-corrected chi connectivity index (χ1v) is 8.83. The van der Waals surface area contributed by atoms with E-state index in [0.717, 1.165) is 18.4 Å². The van der Waals surface area contributed by atoms with E-state index in [1.165, 1.54) is 0 Å². The SMILES string of the molecule is CCOC(=O)N1CCCC(C(=O)N(C)Cc2cc(Cl)ccc2OC)C1. The number of methoxy groups -OCH3 is 1. The summed E-state index contributed by atoms with van der Waals surface area (Å²) in [7, 11) is 3.35. The molecule has 2 rings (SSSR count). The quantitative estimate of drug-likeness (QED) is 0.801. The van der Waals surface area contributed by atoms with Crippen LogP contribution in [0.1, 0.15) is 25.3 Å². The second-order valence-corrected chi connectivity index (χ2v) is 6.57. The summed E-state index contributed by atoms with van der Waals surface area (Å²) in [5, 5.41) is 0.600. The van der Waals surface area contributed by atoms with Crippen molar-refractivity contribution in [3.05, 3.63) is 28.8 Å². The molecule has 0 spiro atoms. The summed E-state index contributed by atoms with van der Waals surface area (Å²) < 4.78 is 10.4. The highest BCUT2D eigenvalue weighted by Gasteiger charge is 2.31. The molecule has 6 nitrogen and oxygen atoms in total. The van der Waals surface area contributed by atoms with Crippen molar-refractivity contribution in [3.63, 3.8) is 0 Å². The van der Waals surface area contributed by atoms with Gasteiger partial charge >= 0.3 is 6.09 Å². The second kappa shape index (κ2) is 8.94. The fourth-order valence-electron chi connectivity index (χ4n) is 3.08. The number of piperidine rings is 1. The Bertz CT molecular complexity index is 623. The van der Waals surface area contributed by atoms with Crippen LogP contribution in [0.2, 0.25) is 5.02 Å². The molecule has 1 aromatic rings. The number of amides is 2. The lowest BCUT2D eigenvalue weighted by molar-refractivity contribution is -0.136. The molecule has 1 aromatic carbocycles. The highest BCUT2D eigenvalue weighted by molar-refractivity contribution is 6.30. The number of carbonyl (C=O) groups is 2. The summed E-state index contributed by atoms with van der Waals surface area (Å²) in [5.74, 6) is 0.491. The molecule has 1 heterocycles. The number of nitrogens with zero attached hydrogens (tertiary/aromatic N) is 2. The van der Waals surface area contributed by atoms with Gasteiger partial charge in [-0.15, -0.1) is 0 Å². The van der Waals surface area contributed by atoms with E-state index in [1.54, 1.807) is 49.1 Å². The van der Waals surface area contributed by atoms with Crippen molar-refractivity contribution in [1.82, 2.24) is 9.80 Å². The van der Waals surface area contributed by atoms with Crippen LogP contribution in [-0.2, 0) is 16.1 Å². The summed E-state index contributed by atoms with van der Waals surface area (Å²) in [6.07, 6.45) is 1.22. The monoisotopic (exact) mass is 368 g/mol. The minimum absolute atomic E-state index is 0.0102. The largest absolute Gasteiger partial charge is 0.496 e. The van der Waals surface area contributed by atoms with Crippen molar-refractivity contribution >= 4 is 23.6 Å². The van der Waals surface area contributed by atoms with Crippen LogP contribution in [0.3, 0.4) is 0 Å². The van der Waals surface area contributed by atoms with Crippen molar-refractivity contribution in [2.24, 2.45) is 5.92 Å². The van der Waals surface area contributed by atoms with Gasteiger partial charge in [-0.05, 0) is 38.0 Å². The lowest BCUT2D eigenvalue weighted by atomic mass is 9.96. The van der Waals surface area contributed by atoms with Crippen molar-refractivity contribution in [1.29, 1.82) is 0 Å². The van der Waals surface area contributed by atoms with Crippen LogP contribution in [0.15, 0.2) is 18.2 Å². The van der Waals surface area contributed by atoms with Crippen LogP contribution >= 0.6 is 11.6 Å². The van der Waals surface area contributed by atoms with Gasteiger partial charge in [-0.3, -0.25) is 4.79 Å². The number of likely N-dealkylation sites (tertiary alicyclic amines) is 1. The number of carbonyl (C=O) groups excluding carboxylic acids is 2. The zero-order chi connectivity index (χ0) is 18.4. The molecule has 1 aliphatic heterocycles. The van der Waals surface area contributed by atoms with Crippen molar-refractivity contribution < 1.29 is 19.1 Å². The maximum Gasteiger partial charge on any atom is 0.409 e. The van der Waals surface area contributed by atoms with Gasteiger partial charge in [-0.1, -0.05) is 11.6 Å². The Kier molecular flexibility index (Phi) is 6.93. The molecule has 25 heavy (non-hydrogen) atoms. The first kappa shape index (κ1) is 19.4. The average molecular weight is 369 g/mol. The smallest absolute Gasteiger partial charge is 0.409 e. The number of ether oxygens (including phenoxy) is 2. The molecule has 2 amide bonds. The van der Waals surface area contributed by atoms with E-state index in [9.17, 15) is 9.59 Å². The van der Waals surface area contributed by atoms with Crippen molar-refractivity contribution in [2.75, 3.05) is 33.9 Å². The van der Waals surface area contributed by atoms with Gasteiger partial charge in [0, 0.05) is 37.3 Å². The molecule has 0 aliphatic carbocycles. The second-order valence-electron chi connectivity index (χ2n) is 6.13. The standard InChI is InChI=1S/C18H25ClN2O4/c1-4-25-18(23)21-9-5-6-13(12-21)17(22)20(2)11-14-10-15(19)7-8-16(14)24-3/h7-8,10,13H,4-6,9,11-12H2,1-3H3. The minimum atomic E-state index is -0.348. The fraction of sp³-hybridized carbons (Fsp3) is 0.556. The Balaban J connectivity index is 2.02. The molecule has 1 aliphatic rings. The molecule has 138 valence electrons. The van der Waals surface area contributed by atoms with E-state index in [1.807, 2.05) is 0 Å². The van der Waals surface area contributed by atoms with Crippen LogP contribution in [-0.4, -0.2) is 55.7 Å². The number of rotatable bonds is 5. The predicted molar refractivity (Wildman–Crippen MR) is 95.8 cm³/mol. The Hall–Kier alpha value is -1.95. The molecule has 0 N–H and O–H groups in total. The molecule has 1 atom stereocenters. The van der Waals surface area contributed by atoms with Gasteiger partial charge in [0.2, 0.25) is 5.91 Å². The molecular weight excluding hydrogens is 344 g/mol. The van der Waals surface area contributed by atoms with E-state index in [2.05, 4.69) is 0 Å². The Morgan fingerprint density at radius 2 is 2.16 bits per heavy atom. The summed E-state index contributed by atoms with van der Waals surface area (Å²) in [6.45, 7) is 3.54. The zero-order valence-electron chi connectivity index (χ0n) is 15.0. The van der Waals surface area contributed by atoms with Gasteiger partial charge < -0.3 is 19.3 Å². The van der Waals surface area contributed by atoms with Crippen molar-refractivity contribution in [2.45, 2.75) is 26.3 Å². The van der Waals surface area contributed by atoms with Gasteiger partial charge in [0.1, 0.15) is 5.75 Å². The van der Waals surface area contributed by atoms with Gasteiger partial charge in [-0.2, -0.15) is 0 Å². The summed E-state index contributed by atoms with van der Waals surface area (Å²) in [5.41, 5.74) is 0.851. The number of benzene rings is 1. The van der Waals surface area contributed by atoms with E-state index in [4.69, 9.17) is 21.1 Å². The van der Waals surface area contributed by atoms with Crippen molar-refractivity contribution in [3.8, 4) is 5.75 Å². The van der Waals surface area contributed by atoms with Crippen LogP contribution in [0, 0.1) is 5.92 Å². The van der Waals surface area contributed by atoms with Gasteiger partial charge in [-0.25, -0.2) is 4.79 Å². The van der Waals surface area contributed by atoms with E-state index in [0.29, 0.717) is 37.0 Å².